The van der Waals surface area contributed by atoms with Crippen LogP contribution in [-0.4, -0.2) is 17.6 Å². The van der Waals surface area contributed by atoms with E-state index in [0.29, 0.717) is 11.8 Å². The first-order valence-corrected chi connectivity index (χ1v) is 7.67. The molecule has 2 aliphatic rings. The van der Waals surface area contributed by atoms with Gasteiger partial charge < -0.3 is 5.32 Å². The van der Waals surface area contributed by atoms with Gasteiger partial charge in [0.2, 0.25) is 0 Å². The molecule has 1 aromatic rings. The van der Waals surface area contributed by atoms with Gasteiger partial charge >= 0.3 is 0 Å². The first-order valence-electron chi connectivity index (χ1n) is 7.67. The van der Waals surface area contributed by atoms with Gasteiger partial charge in [-0.2, -0.15) is 0 Å². The highest BCUT2D eigenvalue weighted by Crippen LogP contribution is 2.36. The van der Waals surface area contributed by atoms with Gasteiger partial charge in [0.1, 0.15) is 5.82 Å². The van der Waals surface area contributed by atoms with Crippen molar-refractivity contribution in [3.8, 4) is 0 Å². The van der Waals surface area contributed by atoms with Crippen molar-refractivity contribution in [2.24, 2.45) is 5.92 Å². The van der Waals surface area contributed by atoms with E-state index in [1.165, 1.54) is 51.1 Å². The molecule has 2 aliphatic carbocycles. The Hall–Kier alpha value is -0.960. The molecular formula is C16H23FN2. The lowest BCUT2D eigenvalue weighted by Gasteiger charge is -2.25. The fourth-order valence-corrected chi connectivity index (χ4v) is 3.30. The molecule has 2 nitrogen and oxygen atoms in total. The summed E-state index contributed by atoms with van der Waals surface area (Å²) in [5.41, 5.74) is 1.10. The SMILES string of the molecule is Fc1cncc(C2CCCCCC2CNC2CC2)c1. The van der Waals surface area contributed by atoms with Crippen molar-refractivity contribution in [2.45, 2.75) is 56.9 Å². The summed E-state index contributed by atoms with van der Waals surface area (Å²) in [6.45, 7) is 1.09. The highest BCUT2D eigenvalue weighted by Gasteiger charge is 2.28. The van der Waals surface area contributed by atoms with E-state index in [2.05, 4.69) is 10.3 Å². The van der Waals surface area contributed by atoms with Crippen molar-refractivity contribution in [1.82, 2.24) is 10.3 Å². The molecular weight excluding hydrogens is 239 g/mol. The van der Waals surface area contributed by atoms with Crippen molar-refractivity contribution in [2.75, 3.05) is 6.54 Å². The average molecular weight is 262 g/mol. The second-order valence-corrected chi connectivity index (χ2v) is 6.12. The summed E-state index contributed by atoms with van der Waals surface area (Å²) in [5.74, 6) is 0.930. The molecule has 1 aromatic heterocycles. The Labute approximate surface area is 114 Å². The van der Waals surface area contributed by atoms with E-state index in [9.17, 15) is 4.39 Å². The predicted molar refractivity (Wildman–Crippen MR) is 74.5 cm³/mol. The Balaban J connectivity index is 1.72. The van der Waals surface area contributed by atoms with Crippen LogP contribution in [0.4, 0.5) is 4.39 Å². The van der Waals surface area contributed by atoms with Crippen LogP contribution in [0.15, 0.2) is 18.5 Å². The second kappa shape index (κ2) is 6.00. The van der Waals surface area contributed by atoms with Gasteiger partial charge in [-0.25, -0.2) is 4.39 Å². The van der Waals surface area contributed by atoms with Crippen LogP contribution in [0.5, 0.6) is 0 Å². The Morgan fingerprint density at radius 2 is 1.95 bits per heavy atom. The maximum atomic E-state index is 13.4. The standard InChI is InChI=1S/C16H23FN2/c17-14-8-13(9-18-11-14)16-5-3-1-2-4-12(16)10-19-15-6-7-15/h8-9,11-12,15-16,19H,1-7,10H2. The monoisotopic (exact) mass is 262 g/mol. The molecule has 0 spiro atoms. The number of aromatic nitrogens is 1. The maximum Gasteiger partial charge on any atom is 0.141 e. The first kappa shape index (κ1) is 13.0. The topological polar surface area (TPSA) is 24.9 Å². The minimum Gasteiger partial charge on any atom is -0.314 e. The molecule has 2 saturated carbocycles. The normalized spacial score (nSPS) is 28.1. The first-order chi connectivity index (χ1) is 9.33. The van der Waals surface area contributed by atoms with Gasteiger partial charge in [-0.15, -0.1) is 0 Å². The van der Waals surface area contributed by atoms with Crippen molar-refractivity contribution < 1.29 is 4.39 Å². The number of hydrogen-bond donors (Lipinski definition) is 1. The highest BCUT2D eigenvalue weighted by molar-refractivity contribution is 5.17. The van der Waals surface area contributed by atoms with Crippen molar-refractivity contribution in [1.29, 1.82) is 0 Å². The van der Waals surface area contributed by atoms with Crippen LogP contribution in [0, 0.1) is 11.7 Å². The van der Waals surface area contributed by atoms with Gasteiger partial charge in [-0.3, -0.25) is 4.98 Å². The quantitative estimate of drug-likeness (QED) is 0.838. The summed E-state index contributed by atoms with van der Waals surface area (Å²) in [6, 6.07) is 2.45. The molecule has 2 atom stereocenters. The van der Waals surface area contributed by atoms with Gasteiger partial charge in [-0.05, 0) is 55.7 Å². The summed E-state index contributed by atoms with van der Waals surface area (Å²) in [7, 11) is 0. The van der Waals surface area contributed by atoms with Gasteiger partial charge in [0.15, 0.2) is 0 Å². The smallest absolute Gasteiger partial charge is 0.141 e. The van der Waals surface area contributed by atoms with E-state index >= 15 is 0 Å². The van der Waals surface area contributed by atoms with E-state index in [1.807, 2.05) is 6.20 Å². The van der Waals surface area contributed by atoms with Gasteiger partial charge in [0.25, 0.3) is 0 Å². The summed E-state index contributed by atoms with van der Waals surface area (Å²) in [5, 5.41) is 3.65. The molecule has 1 heterocycles. The summed E-state index contributed by atoms with van der Waals surface area (Å²) in [6.07, 6.45) is 12.2. The number of pyridine rings is 1. The summed E-state index contributed by atoms with van der Waals surface area (Å²) >= 11 is 0. The fraction of sp³-hybridized carbons (Fsp3) is 0.688. The highest BCUT2D eigenvalue weighted by atomic mass is 19.1. The molecule has 0 aliphatic heterocycles. The van der Waals surface area contributed by atoms with Gasteiger partial charge in [0.05, 0.1) is 6.20 Å². The zero-order valence-corrected chi connectivity index (χ0v) is 11.4. The van der Waals surface area contributed by atoms with Crippen molar-refractivity contribution >= 4 is 0 Å². The Morgan fingerprint density at radius 1 is 1.11 bits per heavy atom. The molecule has 0 aromatic carbocycles. The molecule has 19 heavy (non-hydrogen) atoms. The molecule has 0 bridgehead atoms. The number of rotatable bonds is 4. The van der Waals surface area contributed by atoms with E-state index in [0.717, 1.165) is 18.2 Å². The summed E-state index contributed by atoms with van der Waals surface area (Å²) in [4.78, 5) is 4.04. The molecule has 0 saturated heterocycles. The molecule has 3 rings (SSSR count). The Kier molecular flexibility index (Phi) is 4.12. The molecule has 0 radical (unpaired) electrons. The van der Waals surface area contributed by atoms with Crippen molar-refractivity contribution in [3.63, 3.8) is 0 Å². The third kappa shape index (κ3) is 3.53. The minimum absolute atomic E-state index is 0.198. The predicted octanol–water partition coefficient (Wildman–Crippen LogP) is 3.64. The fourth-order valence-electron chi connectivity index (χ4n) is 3.30. The average Bonchev–Trinajstić information content (AvgIpc) is 3.23. The van der Waals surface area contributed by atoms with Crippen molar-refractivity contribution in [3.05, 3.63) is 29.8 Å². The maximum absolute atomic E-state index is 13.4. The molecule has 2 unspecified atom stereocenters. The van der Waals surface area contributed by atoms with Gasteiger partial charge in [0, 0.05) is 12.2 Å². The largest absolute Gasteiger partial charge is 0.314 e. The van der Waals surface area contributed by atoms with Crippen LogP contribution in [0.1, 0.15) is 56.4 Å². The lowest BCUT2D eigenvalue weighted by molar-refractivity contribution is 0.372. The number of hydrogen-bond acceptors (Lipinski definition) is 2. The van der Waals surface area contributed by atoms with E-state index in [4.69, 9.17) is 0 Å². The minimum atomic E-state index is -0.198. The van der Waals surface area contributed by atoms with E-state index < -0.39 is 0 Å². The van der Waals surface area contributed by atoms with Crippen LogP contribution in [0.25, 0.3) is 0 Å². The van der Waals surface area contributed by atoms with Crippen LogP contribution < -0.4 is 5.32 Å². The van der Waals surface area contributed by atoms with Crippen LogP contribution in [-0.2, 0) is 0 Å². The number of halogens is 1. The third-order valence-electron chi connectivity index (χ3n) is 4.56. The molecule has 0 amide bonds. The second-order valence-electron chi connectivity index (χ2n) is 6.12. The van der Waals surface area contributed by atoms with E-state index in [-0.39, 0.29) is 5.82 Å². The Bertz CT molecular complexity index is 417. The number of nitrogens with zero attached hydrogens (tertiary/aromatic N) is 1. The lowest BCUT2D eigenvalue weighted by Crippen LogP contribution is -2.28. The molecule has 3 heteroatoms. The van der Waals surface area contributed by atoms with E-state index in [1.54, 1.807) is 6.07 Å². The zero-order chi connectivity index (χ0) is 13.1. The Morgan fingerprint density at radius 3 is 2.74 bits per heavy atom. The molecule has 1 N–H and O–H groups in total. The van der Waals surface area contributed by atoms with Crippen LogP contribution in [0.3, 0.4) is 0 Å². The van der Waals surface area contributed by atoms with Crippen LogP contribution in [0.2, 0.25) is 0 Å². The summed E-state index contributed by atoms with van der Waals surface area (Å²) < 4.78 is 13.4. The molecule has 104 valence electrons. The van der Waals surface area contributed by atoms with Crippen LogP contribution >= 0.6 is 0 Å². The number of nitrogens with one attached hydrogen (secondary N) is 1. The van der Waals surface area contributed by atoms with Gasteiger partial charge in [-0.1, -0.05) is 19.3 Å². The zero-order valence-electron chi connectivity index (χ0n) is 11.4. The molecule has 2 fully saturated rings. The lowest BCUT2D eigenvalue weighted by atomic mass is 9.83. The third-order valence-corrected chi connectivity index (χ3v) is 4.56.